The van der Waals surface area contributed by atoms with Crippen molar-refractivity contribution < 1.29 is 22.7 Å². The Bertz CT molecular complexity index is 828. The highest BCUT2D eigenvalue weighted by Crippen LogP contribution is 2.35. The lowest BCUT2D eigenvalue weighted by Crippen LogP contribution is -2.42. The Kier molecular flexibility index (Phi) is 7.68. The summed E-state index contributed by atoms with van der Waals surface area (Å²) in [7, 11) is -3.14. The average Bonchev–Trinajstić information content (AvgIpc) is 2.71. The Labute approximate surface area is 187 Å². The molecule has 1 amide bonds. The molecule has 0 N–H and O–H groups in total. The second kappa shape index (κ2) is 9.90. The first-order valence-corrected chi connectivity index (χ1v) is 13.3. The number of rotatable bonds is 5. The number of nitrogens with zero attached hydrogens (tertiary/aromatic N) is 1. The van der Waals surface area contributed by atoms with Crippen molar-refractivity contribution in [1.29, 1.82) is 0 Å². The van der Waals surface area contributed by atoms with Gasteiger partial charge in [0, 0.05) is 26.0 Å². The molecule has 2 fully saturated rings. The van der Waals surface area contributed by atoms with Gasteiger partial charge in [-0.15, -0.1) is 0 Å². The molecule has 1 aliphatic heterocycles. The lowest BCUT2D eigenvalue weighted by Gasteiger charge is -2.34. The summed E-state index contributed by atoms with van der Waals surface area (Å²) in [5, 5.41) is 0. The van der Waals surface area contributed by atoms with Crippen molar-refractivity contribution in [3.63, 3.8) is 0 Å². The number of piperidine rings is 1. The van der Waals surface area contributed by atoms with Crippen LogP contribution in [0.5, 0.6) is 0 Å². The molecule has 0 bridgehead atoms. The minimum absolute atomic E-state index is 0.213. The number of hydrogen-bond acceptors (Lipinski definition) is 5. The van der Waals surface area contributed by atoms with Crippen LogP contribution in [0.4, 0.5) is 4.79 Å². The summed E-state index contributed by atoms with van der Waals surface area (Å²) in [6.45, 7) is 7.92. The van der Waals surface area contributed by atoms with Crippen molar-refractivity contribution in [2.75, 3.05) is 26.0 Å². The van der Waals surface area contributed by atoms with Gasteiger partial charge >= 0.3 is 6.09 Å². The second-order valence-electron chi connectivity index (χ2n) is 10.1. The maximum Gasteiger partial charge on any atom is 0.410 e. The zero-order valence-electron chi connectivity index (χ0n) is 19.3. The quantitative estimate of drug-likeness (QED) is 0.644. The van der Waals surface area contributed by atoms with Crippen LogP contribution in [0.3, 0.4) is 0 Å². The SMILES string of the molecule is CC(C)(C)OC(=O)N1CCC(CO[C@H]2CC[C@H](c3ccc(S(C)(=O)=O)cc3)CC2)CC1. The largest absolute Gasteiger partial charge is 0.444 e. The topological polar surface area (TPSA) is 72.9 Å². The van der Waals surface area contributed by atoms with E-state index in [-0.39, 0.29) is 6.09 Å². The highest BCUT2D eigenvalue weighted by atomic mass is 32.2. The molecule has 174 valence electrons. The van der Waals surface area contributed by atoms with Crippen LogP contribution < -0.4 is 0 Å². The van der Waals surface area contributed by atoms with E-state index in [4.69, 9.17) is 9.47 Å². The Morgan fingerprint density at radius 1 is 1.00 bits per heavy atom. The molecular formula is C24H37NO5S. The van der Waals surface area contributed by atoms with Crippen LogP contribution in [0.25, 0.3) is 0 Å². The van der Waals surface area contributed by atoms with Gasteiger partial charge in [0.05, 0.1) is 11.0 Å². The summed E-state index contributed by atoms with van der Waals surface area (Å²) in [5.74, 6) is 0.977. The molecule has 1 aromatic carbocycles. The number of carbonyl (C=O) groups excluding carboxylic acids is 1. The summed E-state index contributed by atoms with van der Waals surface area (Å²) < 4.78 is 35.0. The van der Waals surface area contributed by atoms with Gasteiger partial charge in [-0.25, -0.2) is 13.2 Å². The maximum absolute atomic E-state index is 12.2. The van der Waals surface area contributed by atoms with Crippen molar-refractivity contribution in [3.8, 4) is 0 Å². The summed E-state index contributed by atoms with van der Waals surface area (Å²) in [5.41, 5.74) is 0.770. The van der Waals surface area contributed by atoms with Crippen molar-refractivity contribution in [3.05, 3.63) is 29.8 Å². The van der Waals surface area contributed by atoms with Crippen LogP contribution >= 0.6 is 0 Å². The lowest BCUT2D eigenvalue weighted by atomic mass is 9.82. The van der Waals surface area contributed by atoms with Crippen LogP contribution in [-0.2, 0) is 19.3 Å². The molecule has 0 spiro atoms. The fourth-order valence-corrected chi connectivity index (χ4v) is 5.06. The lowest BCUT2D eigenvalue weighted by molar-refractivity contribution is -0.0143. The zero-order valence-corrected chi connectivity index (χ0v) is 20.1. The monoisotopic (exact) mass is 451 g/mol. The number of carbonyl (C=O) groups is 1. The summed E-state index contributed by atoms with van der Waals surface area (Å²) >= 11 is 0. The van der Waals surface area contributed by atoms with Gasteiger partial charge < -0.3 is 14.4 Å². The molecule has 1 aromatic rings. The summed E-state index contributed by atoms with van der Waals surface area (Å²) in [4.78, 5) is 14.4. The van der Waals surface area contributed by atoms with E-state index in [2.05, 4.69) is 0 Å². The molecule has 0 unspecified atom stereocenters. The number of hydrogen-bond donors (Lipinski definition) is 0. The molecule has 0 radical (unpaired) electrons. The van der Waals surface area contributed by atoms with E-state index in [1.165, 1.54) is 11.8 Å². The van der Waals surface area contributed by atoms with Gasteiger partial charge in [-0.05, 0) is 88.8 Å². The normalized spacial score (nSPS) is 23.5. The van der Waals surface area contributed by atoms with E-state index >= 15 is 0 Å². The van der Waals surface area contributed by atoms with Gasteiger partial charge in [0.15, 0.2) is 9.84 Å². The smallest absolute Gasteiger partial charge is 0.410 e. The molecule has 7 heteroatoms. The number of sulfone groups is 1. The van der Waals surface area contributed by atoms with Gasteiger partial charge in [0.25, 0.3) is 0 Å². The molecule has 6 nitrogen and oxygen atoms in total. The fraction of sp³-hybridized carbons (Fsp3) is 0.708. The van der Waals surface area contributed by atoms with Crippen LogP contribution in [-0.4, -0.2) is 57.1 Å². The highest BCUT2D eigenvalue weighted by Gasteiger charge is 2.28. The third kappa shape index (κ3) is 7.21. The van der Waals surface area contributed by atoms with Crippen LogP contribution in [0, 0.1) is 5.92 Å². The predicted molar refractivity (Wildman–Crippen MR) is 121 cm³/mol. The molecule has 0 atom stereocenters. The molecular weight excluding hydrogens is 414 g/mol. The number of likely N-dealkylation sites (tertiary alicyclic amines) is 1. The Morgan fingerprint density at radius 3 is 2.10 bits per heavy atom. The first-order valence-electron chi connectivity index (χ1n) is 11.4. The van der Waals surface area contributed by atoms with E-state index in [0.717, 1.165) is 58.2 Å². The number of ether oxygens (including phenoxy) is 2. The van der Waals surface area contributed by atoms with E-state index in [1.807, 2.05) is 37.8 Å². The second-order valence-corrected chi connectivity index (χ2v) is 12.1. The van der Waals surface area contributed by atoms with Crippen LogP contribution in [0.2, 0.25) is 0 Å². The third-order valence-corrected chi connectivity index (χ3v) is 7.42. The van der Waals surface area contributed by atoms with Gasteiger partial charge in [0.2, 0.25) is 0 Å². The van der Waals surface area contributed by atoms with Gasteiger partial charge in [-0.1, -0.05) is 12.1 Å². The first kappa shape index (κ1) is 24.1. The molecule has 2 aliphatic rings. The Balaban J connectivity index is 1.37. The number of amides is 1. The molecule has 1 heterocycles. The molecule has 1 aliphatic carbocycles. The highest BCUT2D eigenvalue weighted by molar-refractivity contribution is 7.90. The molecule has 31 heavy (non-hydrogen) atoms. The van der Waals surface area contributed by atoms with Crippen molar-refractivity contribution in [2.24, 2.45) is 5.92 Å². The summed E-state index contributed by atoms with van der Waals surface area (Å²) in [6, 6.07) is 7.36. The van der Waals surface area contributed by atoms with Gasteiger partial charge in [-0.3, -0.25) is 0 Å². The first-order chi connectivity index (χ1) is 14.5. The van der Waals surface area contributed by atoms with Crippen LogP contribution in [0.1, 0.15) is 70.8 Å². The van der Waals surface area contributed by atoms with Crippen molar-refractivity contribution in [2.45, 2.75) is 81.8 Å². The Morgan fingerprint density at radius 2 is 1.58 bits per heavy atom. The van der Waals surface area contributed by atoms with E-state index in [1.54, 1.807) is 12.1 Å². The molecule has 1 saturated carbocycles. The standard InChI is InChI=1S/C24H37NO5S/c1-24(2,3)30-23(26)25-15-13-18(14-16-25)17-29-21-9-5-19(6-10-21)20-7-11-22(12-8-20)31(4,27)28/h7-8,11-12,18-19,21H,5-6,9-10,13-17H2,1-4H3/t19-,21-. The van der Waals surface area contributed by atoms with Crippen molar-refractivity contribution >= 4 is 15.9 Å². The van der Waals surface area contributed by atoms with E-state index in [9.17, 15) is 13.2 Å². The van der Waals surface area contributed by atoms with Crippen molar-refractivity contribution in [1.82, 2.24) is 4.90 Å². The molecule has 1 saturated heterocycles. The number of benzene rings is 1. The zero-order chi connectivity index (χ0) is 22.6. The van der Waals surface area contributed by atoms with E-state index < -0.39 is 15.4 Å². The van der Waals surface area contributed by atoms with E-state index in [0.29, 0.717) is 22.8 Å². The van der Waals surface area contributed by atoms with Crippen LogP contribution in [0.15, 0.2) is 29.2 Å². The summed E-state index contributed by atoms with van der Waals surface area (Å²) in [6.07, 6.45) is 7.46. The average molecular weight is 452 g/mol. The molecule has 3 rings (SSSR count). The van der Waals surface area contributed by atoms with Gasteiger partial charge in [-0.2, -0.15) is 0 Å². The predicted octanol–water partition coefficient (Wildman–Crippen LogP) is 4.78. The minimum atomic E-state index is -3.14. The fourth-order valence-electron chi connectivity index (χ4n) is 4.43. The maximum atomic E-state index is 12.2. The minimum Gasteiger partial charge on any atom is -0.444 e. The Hall–Kier alpha value is -1.60. The molecule has 0 aromatic heterocycles. The third-order valence-electron chi connectivity index (χ3n) is 6.29. The van der Waals surface area contributed by atoms with Gasteiger partial charge in [0.1, 0.15) is 5.60 Å².